The minimum atomic E-state index is 0.259. The molecule has 0 saturated carbocycles. The maximum Gasteiger partial charge on any atom is 0.258 e. The molecule has 0 aliphatic carbocycles. The third kappa shape index (κ3) is 2.23. The molecule has 1 heterocycles. The van der Waals surface area contributed by atoms with Crippen LogP contribution in [-0.2, 0) is 0 Å². The monoisotopic (exact) mass is 246 g/mol. The maximum atomic E-state index is 5.33. The number of hydrogen-bond acceptors (Lipinski definition) is 4. The number of ether oxygens (including phenoxy) is 1. The summed E-state index contributed by atoms with van der Waals surface area (Å²) in [6.07, 6.45) is 0. The third-order valence-electron chi connectivity index (χ3n) is 2.93. The molecule has 0 bridgehead atoms. The average molecular weight is 246 g/mol. The summed E-state index contributed by atoms with van der Waals surface area (Å²) in [5.74, 6) is 2.37. The third-order valence-corrected chi connectivity index (χ3v) is 2.93. The van der Waals surface area contributed by atoms with Gasteiger partial charge in [0.1, 0.15) is 5.75 Å². The van der Waals surface area contributed by atoms with Crippen LogP contribution in [0.25, 0.3) is 11.5 Å². The van der Waals surface area contributed by atoms with Gasteiger partial charge in [0.05, 0.1) is 7.11 Å². The molecule has 0 atom stereocenters. The number of rotatable bonds is 3. The van der Waals surface area contributed by atoms with Gasteiger partial charge < -0.3 is 9.26 Å². The first kappa shape index (κ1) is 12.6. The second-order valence-electron chi connectivity index (χ2n) is 4.75. The van der Waals surface area contributed by atoms with Crippen molar-refractivity contribution in [3.05, 3.63) is 29.1 Å². The van der Waals surface area contributed by atoms with Crippen LogP contribution in [0.4, 0.5) is 0 Å². The van der Waals surface area contributed by atoms with Crippen LogP contribution in [0.3, 0.4) is 0 Å². The first-order valence-corrected chi connectivity index (χ1v) is 6.02. The van der Waals surface area contributed by atoms with Crippen LogP contribution in [0.15, 0.2) is 16.7 Å². The van der Waals surface area contributed by atoms with E-state index in [9.17, 15) is 0 Å². The first-order valence-electron chi connectivity index (χ1n) is 6.02. The predicted octanol–water partition coefficient (Wildman–Crippen LogP) is 3.49. The van der Waals surface area contributed by atoms with E-state index >= 15 is 0 Å². The molecular formula is C14H18N2O2. The molecule has 0 amide bonds. The highest BCUT2D eigenvalue weighted by atomic mass is 16.5. The van der Waals surface area contributed by atoms with Gasteiger partial charge in [-0.05, 0) is 31.0 Å². The normalized spacial score (nSPS) is 11.0. The van der Waals surface area contributed by atoms with Crippen LogP contribution >= 0.6 is 0 Å². The highest BCUT2D eigenvalue weighted by Gasteiger charge is 2.15. The van der Waals surface area contributed by atoms with Crippen molar-refractivity contribution >= 4 is 0 Å². The predicted molar refractivity (Wildman–Crippen MR) is 69.8 cm³/mol. The minimum Gasteiger partial charge on any atom is -0.496 e. The Morgan fingerprint density at radius 3 is 2.44 bits per heavy atom. The second kappa shape index (κ2) is 4.80. The Balaban J connectivity index is 2.49. The lowest BCUT2D eigenvalue weighted by atomic mass is 10.0. The molecule has 0 fully saturated rings. The van der Waals surface area contributed by atoms with Gasteiger partial charge in [-0.3, -0.25) is 0 Å². The average Bonchev–Trinajstić information content (AvgIpc) is 2.78. The number of aryl methyl sites for hydroxylation is 2. The van der Waals surface area contributed by atoms with Crippen LogP contribution in [0.5, 0.6) is 5.75 Å². The zero-order valence-electron chi connectivity index (χ0n) is 11.4. The number of benzene rings is 1. The molecule has 18 heavy (non-hydrogen) atoms. The maximum absolute atomic E-state index is 5.33. The zero-order chi connectivity index (χ0) is 13.3. The van der Waals surface area contributed by atoms with Crippen LogP contribution < -0.4 is 4.74 Å². The summed E-state index contributed by atoms with van der Waals surface area (Å²) in [5.41, 5.74) is 3.13. The Hall–Kier alpha value is -1.84. The van der Waals surface area contributed by atoms with Crippen LogP contribution in [0.2, 0.25) is 0 Å². The molecule has 2 aromatic rings. The van der Waals surface area contributed by atoms with Crippen molar-refractivity contribution in [3.8, 4) is 17.2 Å². The van der Waals surface area contributed by atoms with Crippen molar-refractivity contribution in [2.24, 2.45) is 0 Å². The summed E-state index contributed by atoms with van der Waals surface area (Å²) < 4.78 is 10.6. The highest BCUT2D eigenvalue weighted by Crippen LogP contribution is 2.30. The van der Waals surface area contributed by atoms with Crippen molar-refractivity contribution in [2.45, 2.75) is 33.6 Å². The molecule has 0 saturated heterocycles. The van der Waals surface area contributed by atoms with Gasteiger partial charge in [0, 0.05) is 11.5 Å². The number of methoxy groups -OCH3 is 1. The van der Waals surface area contributed by atoms with E-state index in [1.54, 1.807) is 7.11 Å². The smallest absolute Gasteiger partial charge is 0.258 e. The topological polar surface area (TPSA) is 48.2 Å². The Morgan fingerprint density at radius 1 is 1.17 bits per heavy atom. The number of aromatic nitrogens is 2. The standard InChI is InChI=1S/C14H18N2O2/c1-8(2)13-15-14(18-16-13)11-7-12(17-5)10(4)6-9(11)3/h6-8H,1-5H3. The largest absolute Gasteiger partial charge is 0.496 e. The van der Waals surface area contributed by atoms with E-state index in [1.165, 1.54) is 0 Å². The molecule has 0 radical (unpaired) electrons. The van der Waals surface area contributed by atoms with Crippen molar-refractivity contribution in [1.29, 1.82) is 0 Å². The second-order valence-corrected chi connectivity index (χ2v) is 4.75. The van der Waals surface area contributed by atoms with E-state index in [1.807, 2.05) is 33.8 Å². The summed E-state index contributed by atoms with van der Waals surface area (Å²) in [7, 11) is 1.66. The van der Waals surface area contributed by atoms with E-state index in [0.29, 0.717) is 5.89 Å². The summed E-state index contributed by atoms with van der Waals surface area (Å²) in [6.45, 7) is 8.12. The molecule has 1 aromatic carbocycles. The van der Waals surface area contributed by atoms with Gasteiger partial charge in [-0.2, -0.15) is 4.98 Å². The Bertz CT molecular complexity index is 559. The van der Waals surface area contributed by atoms with Gasteiger partial charge in [0.25, 0.3) is 5.89 Å². The van der Waals surface area contributed by atoms with E-state index in [4.69, 9.17) is 9.26 Å². The summed E-state index contributed by atoms with van der Waals surface area (Å²) in [6, 6.07) is 4.01. The van der Waals surface area contributed by atoms with Gasteiger partial charge in [0.2, 0.25) is 0 Å². The number of hydrogen-bond donors (Lipinski definition) is 0. The van der Waals surface area contributed by atoms with E-state index in [-0.39, 0.29) is 5.92 Å². The SMILES string of the molecule is COc1cc(-c2nc(C(C)C)no2)c(C)cc1C. The van der Waals surface area contributed by atoms with E-state index < -0.39 is 0 Å². The molecule has 96 valence electrons. The van der Waals surface area contributed by atoms with Gasteiger partial charge in [-0.1, -0.05) is 25.1 Å². The van der Waals surface area contributed by atoms with Crippen molar-refractivity contribution in [3.63, 3.8) is 0 Å². The summed E-state index contributed by atoms with van der Waals surface area (Å²) in [5, 5.41) is 3.98. The molecule has 0 aliphatic heterocycles. The Kier molecular flexibility index (Phi) is 3.36. The van der Waals surface area contributed by atoms with Crippen molar-refractivity contribution < 1.29 is 9.26 Å². The fourth-order valence-corrected chi connectivity index (χ4v) is 1.86. The van der Waals surface area contributed by atoms with Crippen molar-refractivity contribution in [1.82, 2.24) is 10.1 Å². The summed E-state index contributed by atoms with van der Waals surface area (Å²) in [4.78, 5) is 4.41. The van der Waals surface area contributed by atoms with Crippen LogP contribution in [-0.4, -0.2) is 17.3 Å². The van der Waals surface area contributed by atoms with E-state index in [0.717, 1.165) is 28.3 Å². The molecule has 4 nitrogen and oxygen atoms in total. The van der Waals surface area contributed by atoms with Gasteiger partial charge in [-0.15, -0.1) is 0 Å². The Labute approximate surface area is 107 Å². The molecule has 2 rings (SSSR count). The fraction of sp³-hybridized carbons (Fsp3) is 0.429. The molecule has 0 aliphatic rings. The van der Waals surface area contributed by atoms with Gasteiger partial charge in [-0.25, -0.2) is 0 Å². The molecular weight excluding hydrogens is 228 g/mol. The minimum absolute atomic E-state index is 0.259. The zero-order valence-corrected chi connectivity index (χ0v) is 11.4. The highest BCUT2D eigenvalue weighted by molar-refractivity contribution is 5.62. The summed E-state index contributed by atoms with van der Waals surface area (Å²) >= 11 is 0. The van der Waals surface area contributed by atoms with E-state index in [2.05, 4.69) is 16.2 Å². The lowest BCUT2D eigenvalue weighted by Gasteiger charge is -2.08. The van der Waals surface area contributed by atoms with Crippen LogP contribution in [0, 0.1) is 13.8 Å². The van der Waals surface area contributed by atoms with Gasteiger partial charge in [0.15, 0.2) is 5.82 Å². The van der Waals surface area contributed by atoms with Crippen LogP contribution in [0.1, 0.15) is 36.7 Å². The lowest BCUT2D eigenvalue weighted by molar-refractivity contribution is 0.408. The van der Waals surface area contributed by atoms with Crippen molar-refractivity contribution in [2.75, 3.05) is 7.11 Å². The fourth-order valence-electron chi connectivity index (χ4n) is 1.86. The van der Waals surface area contributed by atoms with Gasteiger partial charge >= 0.3 is 0 Å². The molecule has 0 unspecified atom stereocenters. The Morgan fingerprint density at radius 2 is 1.89 bits per heavy atom. The lowest BCUT2D eigenvalue weighted by Crippen LogP contribution is -1.92. The number of nitrogens with zero attached hydrogens (tertiary/aromatic N) is 2. The first-order chi connectivity index (χ1) is 8.52. The molecule has 0 N–H and O–H groups in total. The molecule has 1 aromatic heterocycles. The quantitative estimate of drug-likeness (QED) is 0.831. The molecule has 4 heteroatoms. The molecule has 0 spiro atoms.